The number of para-hydroxylation sites is 4. The number of benzene rings is 10. The van der Waals surface area contributed by atoms with Crippen molar-refractivity contribution in [1.82, 2.24) is 0 Å². The molecule has 0 amide bonds. The Balaban J connectivity index is 0.878. The van der Waals surface area contributed by atoms with Gasteiger partial charge in [-0.1, -0.05) is 178 Å². The fourth-order valence-corrected chi connectivity index (χ4v) is 10.1. The standard InChI is InChI=1S/C63H46N2O/c1-63(2)59-41-52(64(48-17-8-4-9-18-48)50-33-29-46(30-34-50)45-27-25-44(26-28-45)43-15-6-3-7-16-43)37-39-55(59)56-40-38-53(42-60(56)63)65(49-19-10-5-11-20-49)51-35-31-47(32-36-51)54-22-14-23-58-57-21-12-13-24-61(57)66-62(54)58/h3-42H,1-2H3. The van der Waals surface area contributed by atoms with E-state index in [0.717, 1.165) is 67.2 Å². The van der Waals surface area contributed by atoms with Crippen molar-refractivity contribution in [2.75, 3.05) is 9.80 Å². The molecule has 0 radical (unpaired) electrons. The van der Waals surface area contributed by atoms with Crippen LogP contribution in [0.15, 0.2) is 247 Å². The van der Waals surface area contributed by atoms with E-state index in [4.69, 9.17) is 4.42 Å². The molecule has 0 fully saturated rings. The fraction of sp³-hybridized carbons (Fsp3) is 0.0476. The molecule has 3 heteroatoms. The molecule has 0 aliphatic heterocycles. The van der Waals surface area contributed by atoms with Gasteiger partial charge in [-0.15, -0.1) is 0 Å². The molecule has 1 aliphatic carbocycles. The van der Waals surface area contributed by atoms with Gasteiger partial charge in [0.05, 0.1) is 0 Å². The average molecular weight is 847 g/mol. The van der Waals surface area contributed by atoms with Crippen molar-refractivity contribution in [3.8, 4) is 44.5 Å². The van der Waals surface area contributed by atoms with Gasteiger partial charge in [-0.25, -0.2) is 0 Å². The van der Waals surface area contributed by atoms with Crippen LogP contribution in [0.3, 0.4) is 0 Å². The molecule has 1 heterocycles. The van der Waals surface area contributed by atoms with Crippen LogP contribution in [0.1, 0.15) is 25.0 Å². The zero-order valence-corrected chi connectivity index (χ0v) is 36.9. The van der Waals surface area contributed by atoms with Crippen LogP contribution in [-0.4, -0.2) is 0 Å². The van der Waals surface area contributed by atoms with Crippen molar-refractivity contribution < 1.29 is 4.42 Å². The summed E-state index contributed by atoms with van der Waals surface area (Å²) in [5.41, 5.74) is 20.5. The first-order valence-electron chi connectivity index (χ1n) is 22.7. The number of nitrogens with zero attached hydrogens (tertiary/aromatic N) is 2. The quantitative estimate of drug-likeness (QED) is 0.144. The maximum atomic E-state index is 6.43. The normalized spacial score (nSPS) is 12.5. The van der Waals surface area contributed by atoms with Gasteiger partial charge in [-0.2, -0.15) is 0 Å². The smallest absolute Gasteiger partial charge is 0.143 e. The van der Waals surface area contributed by atoms with Gasteiger partial charge in [0.1, 0.15) is 11.2 Å². The van der Waals surface area contributed by atoms with E-state index in [9.17, 15) is 0 Å². The Kier molecular flexibility index (Phi) is 9.50. The Bertz CT molecular complexity index is 3520. The largest absolute Gasteiger partial charge is 0.455 e. The molecular formula is C63H46N2O. The molecule has 12 rings (SSSR count). The lowest BCUT2D eigenvalue weighted by Crippen LogP contribution is -2.17. The van der Waals surface area contributed by atoms with Crippen LogP contribution in [-0.2, 0) is 5.41 Å². The highest BCUT2D eigenvalue weighted by molar-refractivity contribution is 6.09. The van der Waals surface area contributed by atoms with Crippen LogP contribution in [0.25, 0.3) is 66.4 Å². The van der Waals surface area contributed by atoms with Crippen LogP contribution in [0.4, 0.5) is 34.1 Å². The minimum absolute atomic E-state index is 0.258. The highest BCUT2D eigenvalue weighted by Crippen LogP contribution is 2.52. The first-order valence-corrected chi connectivity index (χ1v) is 22.7. The van der Waals surface area contributed by atoms with E-state index < -0.39 is 0 Å². The van der Waals surface area contributed by atoms with Crippen molar-refractivity contribution in [3.63, 3.8) is 0 Å². The molecule has 1 aliphatic rings. The summed E-state index contributed by atoms with van der Waals surface area (Å²) >= 11 is 0. The van der Waals surface area contributed by atoms with Gasteiger partial charge in [-0.05, 0) is 129 Å². The highest BCUT2D eigenvalue weighted by atomic mass is 16.3. The van der Waals surface area contributed by atoms with Crippen LogP contribution in [0.5, 0.6) is 0 Å². The number of rotatable bonds is 9. The predicted molar refractivity (Wildman–Crippen MR) is 277 cm³/mol. The summed E-state index contributed by atoms with van der Waals surface area (Å²) in [5, 5.41) is 2.27. The lowest BCUT2D eigenvalue weighted by Gasteiger charge is -2.29. The van der Waals surface area contributed by atoms with E-state index in [2.05, 4.69) is 254 Å². The Morgan fingerprint density at radius 1 is 0.303 bits per heavy atom. The molecule has 1 aromatic heterocycles. The van der Waals surface area contributed by atoms with Crippen molar-refractivity contribution in [1.29, 1.82) is 0 Å². The summed E-state index contributed by atoms with van der Waals surface area (Å²) < 4.78 is 6.43. The van der Waals surface area contributed by atoms with Crippen LogP contribution in [0, 0.1) is 0 Å². The third kappa shape index (κ3) is 6.76. The summed E-state index contributed by atoms with van der Waals surface area (Å²) in [6.45, 7) is 4.74. The van der Waals surface area contributed by atoms with Crippen molar-refractivity contribution in [2.24, 2.45) is 0 Å². The van der Waals surface area contributed by atoms with Gasteiger partial charge in [-0.3, -0.25) is 0 Å². The molecule has 0 saturated heterocycles. The summed E-state index contributed by atoms with van der Waals surface area (Å²) in [5.74, 6) is 0. The first-order chi connectivity index (χ1) is 32.5. The van der Waals surface area contributed by atoms with Crippen LogP contribution in [0.2, 0.25) is 0 Å². The molecule has 10 aromatic carbocycles. The fourth-order valence-electron chi connectivity index (χ4n) is 10.1. The van der Waals surface area contributed by atoms with Gasteiger partial charge >= 0.3 is 0 Å². The lowest BCUT2D eigenvalue weighted by atomic mass is 9.82. The second kappa shape index (κ2) is 16.0. The zero-order valence-electron chi connectivity index (χ0n) is 36.9. The number of anilines is 6. The van der Waals surface area contributed by atoms with Gasteiger partial charge in [0.25, 0.3) is 0 Å². The Hall–Kier alpha value is -8.40. The molecule has 0 unspecified atom stereocenters. The summed E-state index contributed by atoms with van der Waals surface area (Å²) in [7, 11) is 0. The third-order valence-electron chi connectivity index (χ3n) is 13.5. The predicted octanol–water partition coefficient (Wildman–Crippen LogP) is 17.8. The summed E-state index contributed by atoms with van der Waals surface area (Å²) in [6.07, 6.45) is 0. The van der Waals surface area contributed by atoms with Crippen LogP contribution < -0.4 is 9.80 Å². The van der Waals surface area contributed by atoms with E-state index in [-0.39, 0.29) is 5.41 Å². The number of furan rings is 1. The molecule has 0 spiro atoms. The van der Waals surface area contributed by atoms with E-state index >= 15 is 0 Å². The second-order valence-electron chi connectivity index (χ2n) is 17.7. The highest BCUT2D eigenvalue weighted by Gasteiger charge is 2.37. The molecule has 0 N–H and O–H groups in total. The SMILES string of the molecule is CC1(C)c2cc(N(c3ccccc3)c3ccc(-c4ccc(-c5ccccc5)cc4)cc3)ccc2-c2ccc(N(c3ccccc3)c3ccc(-c4cccc5c4oc4ccccc45)cc3)cc21. The number of fused-ring (bicyclic) bond motifs is 6. The monoisotopic (exact) mass is 846 g/mol. The number of hydrogen-bond acceptors (Lipinski definition) is 3. The maximum absolute atomic E-state index is 6.43. The zero-order chi connectivity index (χ0) is 44.2. The molecule has 66 heavy (non-hydrogen) atoms. The molecule has 0 bridgehead atoms. The molecule has 0 atom stereocenters. The van der Waals surface area contributed by atoms with E-state index in [1.54, 1.807) is 0 Å². The molecule has 11 aromatic rings. The van der Waals surface area contributed by atoms with Crippen molar-refractivity contribution in [3.05, 3.63) is 254 Å². The first kappa shape index (κ1) is 39.2. The molecule has 3 nitrogen and oxygen atoms in total. The Morgan fingerprint density at radius 2 is 0.697 bits per heavy atom. The van der Waals surface area contributed by atoms with Gasteiger partial charge in [0.15, 0.2) is 0 Å². The van der Waals surface area contributed by atoms with E-state index in [1.807, 2.05) is 12.1 Å². The van der Waals surface area contributed by atoms with Crippen LogP contribution >= 0.6 is 0 Å². The molecule has 0 saturated carbocycles. The maximum Gasteiger partial charge on any atom is 0.143 e. The number of hydrogen-bond donors (Lipinski definition) is 0. The minimum atomic E-state index is -0.258. The van der Waals surface area contributed by atoms with Gasteiger partial charge in [0.2, 0.25) is 0 Å². The Labute approximate surface area is 386 Å². The second-order valence-corrected chi connectivity index (χ2v) is 17.7. The topological polar surface area (TPSA) is 19.6 Å². The van der Waals surface area contributed by atoms with Crippen molar-refractivity contribution in [2.45, 2.75) is 19.3 Å². The van der Waals surface area contributed by atoms with E-state index in [0.29, 0.717) is 0 Å². The van der Waals surface area contributed by atoms with Gasteiger partial charge < -0.3 is 14.2 Å². The minimum Gasteiger partial charge on any atom is -0.455 e. The summed E-state index contributed by atoms with van der Waals surface area (Å²) in [6, 6.07) is 87.4. The average Bonchev–Trinajstić information content (AvgIpc) is 3.87. The Morgan fingerprint density at radius 3 is 1.23 bits per heavy atom. The van der Waals surface area contributed by atoms with Crippen molar-refractivity contribution >= 4 is 56.1 Å². The molecule has 314 valence electrons. The van der Waals surface area contributed by atoms with E-state index in [1.165, 1.54) is 44.5 Å². The van der Waals surface area contributed by atoms with Gasteiger partial charge in [0, 0.05) is 55.9 Å². The lowest BCUT2D eigenvalue weighted by molar-refractivity contribution is 0.660. The molecular weight excluding hydrogens is 801 g/mol. The summed E-state index contributed by atoms with van der Waals surface area (Å²) in [4.78, 5) is 4.75. The third-order valence-corrected chi connectivity index (χ3v) is 13.5.